The summed E-state index contributed by atoms with van der Waals surface area (Å²) in [5, 5.41) is 10.6. The molecule has 1 N–H and O–H groups in total. The Labute approximate surface area is 125 Å². The van der Waals surface area contributed by atoms with Gasteiger partial charge < -0.3 is 5.32 Å². The van der Waals surface area contributed by atoms with Crippen LogP contribution in [0.5, 0.6) is 0 Å². The first-order valence-electron chi connectivity index (χ1n) is 7.64. The second-order valence-corrected chi connectivity index (χ2v) is 5.57. The van der Waals surface area contributed by atoms with Crippen LogP contribution in [0.1, 0.15) is 32.4 Å². The molecular formula is C17H22N4. The number of benzene rings is 1. The fourth-order valence-corrected chi connectivity index (χ4v) is 2.95. The van der Waals surface area contributed by atoms with Crippen molar-refractivity contribution in [2.75, 3.05) is 5.32 Å². The van der Waals surface area contributed by atoms with Gasteiger partial charge >= 0.3 is 0 Å². The first kappa shape index (κ1) is 13.9. The summed E-state index contributed by atoms with van der Waals surface area (Å²) in [4.78, 5) is 4.78. The van der Waals surface area contributed by atoms with Gasteiger partial charge in [-0.2, -0.15) is 5.10 Å². The van der Waals surface area contributed by atoms with E-state index in [4.69, 9.17) is 4.98 Å². The number of fused-ring (bicyclic) bond motifs is 2. The average molecular weight is 282 g/mol. The highest BCUT2D eigenvalue weighted by atomic mass is 15.3. The molecule has 3 rings (SSSR count). The van der Waals surface area contributed by atoms with Gasteiger partial charge in [0, 0.05) is 18.5 Å². The summed E-state index contributed by atoms with van der Waals surface area (Å²) in [5.74, 6) is 0. The molecule has 4 heteroatoms. The number of nitrogens with zero attached hydrogens (tertiary/aromatic N) is 3. The van der Waals surface area contributed by atoms with Crippen LogP contribution in [0.15, 0.2) is 24.3 Å². The van der Waals surface area contributed by atoms with Gasteiger partial charge in [-0.15, -0.1) is 0 Å². The molecule has 21 heavy (non-hydrogen) atoms. The predicted molar refractivity (Wildman–Crippen MR) is 88.7 cm³/mol. The summed E-state index contributed by atoms with van der Waals surface area (Å²) in [5.41, 5.74) is 4.16. The second-order valence-electron chi connectivity index (χ2n) is 5.57. The molecule has 4 nitrogen and oxygen atoms in total. The lowest BCUT2D eigenvalue weighted by Crippen LogP contribution is -2.17. The average Bonchev–Trinajstić information content (AvgIpc) is 2.78. The van der Waals surface area contributed by atoms with Crippen molar-refractivity contribution in [2.24, 2.45) is 7.05 Å². The smallest absolute Gasteiger partial charge is 0.160 e. The van der Waals surface area contributed by atoms with Crippen molar-refractivity contribution in [1.29, 1.82) is 0 Å². The van der Waals surface area contributed by atoms with Crippen molar-refractivity contribution >= 4 is 27.6 Å². The van der Waals surface area contributed by atoms with Crippen LogP contribution in [-0.4, -0.2) is 20.8 Å². The molecule has 0 fully saturated rings. The van der Waals surface area contributed by atoms with E-state index >= 15 is 0 Å². The lowest BCUT2D eigenvalue weighted by Gasteiger charge is -2.19. The lowest BCUT2D eigenvalue weighted by atomic mass is 10.1. The van der Waals surface area contributed by atoms with Crippen molar-refractivity contribution in [2.45, 2.75) is 39.7 Å². The molecule has 0 saturated carbocycles. The van der Waals surface area contributed by atoms with Crippen LogP contribution < -0.4 is 5.32 Å². The van der Waals surface area contributed by atoms with Gasteiger partial charge in [-0.25, -0.2) is 4.98 Å². The minimum atomic E-state index is 0.471. The Bertz CT molecular complexity index is 784. The summed E-state index contributed by atoms with van der Waals surface area (Å²) in [6, 6.07) is 8.78. The van der Waals surface area contributed by atoms with Gasteiger partial charge in [0.05, 0.1) is 22.3 Å². The fourth-order valence-electron chi connectivity index (χ4n) is 2.95. The molecule has 0 unspecified atom stereocenters. The van der Waals surface area contributed by atoms with E-state index in [0.29, 0.717) is 6.04 Å². The van der Waals surface area contributed by atoms with Crippen molar-refractivity contribution in [3.63, 3.8) is 0 Å². The van der Waals surface area contributed by atoms with Gasteiger partial charge in [-0.05, 0) is 25.8 Å². The molecule has 2 aromatic heterocycles. The number of anilines is 1. The van der Waals surface area contributed by atoms with E-state index in [-0.39, 0.29) is 0 Å². The molecule has 0 bridgehead atoms. The second kappa shape index (κ2) is 5.35. The Morgan fingerprint density at radius 2 is 1.90 bits per heavy atom. The van der Waals surface area contributed by atoms with Crippen LogP contribution in [0.2, 0.25) is 0 Å². The maximum Gasteiger partial charge on any atom is 0.160 e. The van der Waals surface area contributed by atoms with Crippen molar-refractivity contribution in [3.05, 3.63) is 30.0 Å². The lowest BCUT2D eigenvalue weighted by molar-refractivity contribution is 0.673. The summed E-state index contributed by atoms with van der Waals surface area (Å²) >= 11 is 0. The zero-order valence-corrected chi connectivity index (χ0v) is 13.1. The first-order chi connectivity index (χ1) is 10.2. The fraction of sp³-hybridized carbons (Fsp3) is 0.412. The van der Waals surface area contributed by atoms with E-state index in [0.717, 1.165) is 35.1 Å². The Morgan fingerprint density at radius 3 is 2.62 bits per heavy atom. The highest BCUT2D eigenvalue weighted by Gasteiger charge is 2.17. The number of pyridine rings is 1. The SMILES string of the molecule is CCC(CC)Nc1c2ccccc2nc2c1c(C)nn2C. The summed E-state index contributed by atoms with van der Waals surface area (Å²) in [6.07, 6.45) is 2.21. The molecule has 0 aliphatic carbocycles. The van der Waals surface area contributed by atoms with Gasteiger partial charge in [-0.1, -0.05) is 32.0 Å². The zero-order chi connectivity index (χ0) is 15.0. The van der Waals surface area contributed by atoms with Gasteiger partial charge in [0.15, 0.2) is 5.65 Å². The summed E-state index contributed by atoms with van der Waals surface area (Å²) < 4.78 is 1.87. The van der Waals surface area contributed by atoms with Crippen molar-refractivity contribution < 1.29 is 0 Å². The number of para-hydroxylation sites is 1. The molecule has 110 valence electrons. The largest absolute Gasteiger partial charge is 0.381 e. The van der Waals surface area contributed by atoms with E-state index < -0.39 is 0 Å². The third kappa shape index (κ3) is 2.24. The van der Waals surface area contributed by atoms with Crippen LogP contribution in [-0.2, 0) is 7.05 Å². The highest BCUT2D eigenvalue weighted by molar-refractivity contribution is 6.07. The van der Waals surface area contributed by atoms with Crippen LogP contribution >= 0.6 is 0 Å². The molecule has 3 aromatic rings. The standard InChI is InChI=1S/C17H22N4/c1-5-12(6-2)18-16-13-9-7-8-10-14(13)19-17-15(16)11(3)20-21(17)4/h7-10,12H,5-6H2,1-4H3,(H,18,19). The minimum Gasteiger partial charge on any atom is -0.381 e. The monoisotopic (exact) mass is 282 g/mol. The summed E-state index contributed by atoms with van der Waals surface area (Å²) in [7, 11) is 1.96. The molecular weight excluding hydrogens is 260 g/mol. The number of rotatable bonds is 4. The number of aryl methyl sites for hydroxylation is 2. The van der Waals surface area contributed by atoms with E-state index in [1.54, 1.807) is 0 Å². The third-order valence-corrected chi connectivity index (χ3v) is 4.18. The molecule has 0 saturated heterocycles. The van der Waals surface area contributed by atoms with Crippen LogP contribution in [0, 0.1) is 6.92 Å². The van der Waals surface area contributed by atoms with E-state index in [9.17, 15) is 0 Å². The van der Waals surface area contributed by atoms with Gasteiger partial charge in [0.25, 0.3) is 0 Å². The maximum absolute atomic E-state index is 4.78. The first-order valence-corrected chi connectivity index (χ1v) is 7.64. The number of nitrogens with one attached hydrogen (secondary N) is 1. The molecule has 0 atom stereocenters. The molecule has 1 aromatic carbocycles. The van der Waals surface area contributed by atoms with Gasteiger partial charge in [0.2, 0.25) is 0 Å². The molecule has 0 spiro atoms. The van der Waals surface area contributed by atoms with Crippen molar-refractivity contribution in [1.82, 2.24) is 14.8 Å². The number of hydrogen-bond acceptors (Lipinski definition) is 3. The van der Waals surface area contributed by atoms with Crippen LogP contribution in [0.3, 0.4) is 0 Å². The predicted octanol–water partition coefficient (Wildman–Crippen LogP) is 4.03. The van der Waals surface area contributed by atoms with Crippen LogP contribution in [0.25, 0.3) is 21.9 Å². The van der Waals surface area contributed by atoms with Gasteiger partial charge in [-0.3, -0.25) is 4.68 Å². The van der Waals surface area contributed by atoms with E-state index in [1.807, 2.05) is 17.8 Å². The van der Waals surface area contributed by atoms with E-state index in [2.05, 4.69) is 49.4 Å². The van der Waals surface area contributed by atoms with Gasteiger partial charge in [0.1, 0.15) is 0 Å². The molecule has 0 radical (unpaired) electrons. The summed E-state index contributed by atoms with van der Waals surface area (Å²) in [6.45, 7) is 6.49. The normalized spacial score (nSPS) is 11.7. The molecule has 0 amide bonds. The number of aromatic nitrogens is 3. The Kier molecular flexibility index (Phi) is 3.53. The highest BCUT2D eigenvalue weighted by Crippen LogP contribution is 2.33. The minimum absolute atomic E-state index is 0.471. The topological polar surface area (TPSA) is 42.7 Å². The Hall–Kier alpha value is -2.10. The maximum atomic E-state index is 4.78. The molecule has 2 heterocycles. The molecule has 0 aliphatic rings. The Balaban J connectivity index is 2.34. The number of hydrogen-bond donors (Lipinski definition) is 1. The molecule has 0 aliphatic heterocycles. The Morgan fingerprint density at radius 1 is 1.19 bits per heavy atom. The van der Waals surface area contributed by atoms with Crippen LogP contribution in [0.4, 0.5) is 5.69 Å². The zero-order valence-electron chi connectivity index (χ0n) is 13.1. The quantitative estimate of drug-likeness (QED) is 0.785. The van der Waals surface area contributed by atoms with Crippen molar-refractivity contribution in [3.8, 4) is 0 Å². The van der Waals surface area contributed by atoms with E-state index in [1.165, 1.54) is 11.1 Å². The third-order valence-electron chi connectivity index (χ3n) is 4.18.